The van der Waals surface area contributed by atoms with Crippen molar-refractivity contribution in [3.05, 3.63) is 0 Å². The standard InChI is InChI=1S/C10H20N2O/c1-2-4-11-10(3-1)9-12-5-7-13-8-6-12/h10-11H,1-9H2/t10-/m0/s1. The van der Waals surface area contributed by atoms with Crippen molar-refractivity contribution < 1.29 is 4.74 Å². The van der Waals surface area contributed by atoms with Crippen LogP contribution in [0.15, 0.2) is 0 Å². The molecule has 2 aliphatic heterocycles. The lowest BCUT2D eigenvalue weighted by Gasteiger charge is -2.32. The lowest BCUT2D eigenvalue weighted by atomic mass is 10.0. The molecule has 1 N–H and O–H groups in total. The number of nitrogens with zero attached hydrogens (tertiary/aromatic N) is 1. The summed E-state index contributed by atoms with van der Waals surface area (Å²) in [6, 6.07) is 0.742. The Morgan fingerprint density at radius 2 is 2.08 bits per heavy atom. The summed E-state index contributed by atoms with van der Waals surface area (Å²) in [7, 11) is 0. The molecule has 3 nitrogen and oxygen atoms in total. The average molecular weight is 184 g/mol. The molecule has 2 aliphatic rings. The van der Waals surface area contributed by atoms with Crippen LogP contribution in [0.5, 0.6) is 0 Å². The van der Waals surface area contributed by atoms with Crippen LogP contribution in [0.25, 0.3) is 0 Å². The SMILES string of the molecule is C1CC[C@@H](CN2CCOCC2)NC1. The number of rotatable bonds is 2. The first-order chi connectivity index (χ1) is 6.45. The third-order valence-electron chi connectivity index (χ3n) is 2.99. The summed E-state index contributed by atoms with van der Waals surface area (Å²) < 4.78 is 5.33. The number of ether oxygens (including phenoxy) is 1. The molecule has 0 bridgehead atoms. The van der Waals surface area contributed by atoms with Gasteiger partial charge in [0.15, 0.2) is 0 Å². The monoisotopic (exact) mass is 184 g/mol. The lowest BCUT2D eigenvalue weighted by Crippen LogP contribution is -2.47. The van der Waals surface area contributed by atoms with Crippen LogP contribution in [-0.2, 0) is 4.74 Å². The van der Waals surface area contributed by atoms with Gasteiger partial charge in [-0.3, -0.25) is 4.90 Å². The molecule has 0 aromatic rings. The summed E-state index contributed by atoms with van der Waals surface area (Å²) in [6.07, 6.45) is 4.12. The van der Waals surface area contributed by atoms with Gasteiger partial charge >= 0.3 is 0 Å². The second-order valence-corrected chi connectivity index (χ2v) is 4.06. The first-order valence-electron chi connectivity index (χ1n) is 5.48. The highest BCUT2D eigenvalue weighted by molar-refractivity contribution is 4.76. The summed E-state index contributed by atoms with van der Waals surface area (Å²) in [4.78, 5) is 2.52. The Morgan fingerprint density at radius 3 is 2.77 bits per heavy atom. The Bertz CT molecular complexity index is 124. The van der Waals surface area contributed by atoms with Crippen LogP contribution in [0.4, 0.5) is 0 Å². The van der Waals surface area contributed by atoms with Crippen molar-refractivity contribution in [3.8, 4) is 0 Å². The number of morpholine rings is 1. The molecule has 0 saturated carbocycles. The summed E-state index contributed by atoms with van der Waals surface area (Å²) in [5.74, 6) is 0. The average Bonchev–Trinajstić information content (AvgIpc) is 2.21. The predicted octanol–water partition coefficient (Wildman–Crippen LogP) is 0.461. The molecule has 0 aromatic heterocycles. The molecule has 0 unspecified atom stereocenters. The second kappa shape index (κ2) is 4.94. The number of piperidine rings is 1. The second-order valence-electron chi connectivity index (χ2n) is 4.06. The van der Waals surface area contributed by atoms with E-state index in [1.165, 1.54) is 32.4 Å². The van der Waals surface area contributed by atoms with Gasteiger partial charge in [-0.15, -0.1) is 0 Å². The van der Waals surface area contributed by atoms with Crippen LogP contribution in [0.2, 0.25) is 0 Å². The first-order valence-corrected chi connectivity index (χ1v) is 5.48. The first kappa shape index (κ1) is 9.44. The molecule has 0 spiro atoms. The van der Waals surface area contributed by atoms with Crippen LogP contribution in [-0.4, -0.2) is 50.3 Å². The molecule has 13 heavy (non-hydrogen) atoms. The molecule has 2 heterocycles. The Labute approximate surface area is 80.4 Å². The van der Waals surface area contributed by atoms with Crippen LogP contribution >= 0.6 is 0 Å². The Kier molecular flexibility index (Phi) is 3.58. The van der Waals surface area contributed by atoms with E-state index in [9.17, 15) is 0 Å². The fourth-order valence-electron chi connectivity index (χ4n) is 2.18. The van der Waals surface area contributed by atoms with E-state index in [1.54, 1.807) is 0 Å². The van der Waals surface area contributed by atoms with Gasteiger partial charge in [0.25, 0.3) is 0 Å². The van der Waals surface area contributed by atoms with Crippen molar-refractivity contribution in [1.82, 2.24) is 10.2 Å². The minimum absolute atomic E-state index is 0.742. The molecule has 0 aromatic carbocycles. The summed E-state index contributed by atoms with van der Waals surface area (Å²) in [6.45, 7) is 6.54. The van der Waals surface area contributed by atoms with E-state index in [2.05, 4.69) is 10.2 Å². The topological polar surface area (TPSA) is 24.5 Å². The molecular formula is C10H20N2O. The van der Waals surface area contributed by atoms with Crippen LogP contribution in [0.1, 0.15) is 19.3 Å². The van der Waals surface area contributed by atoms with E-state index >= 15 is 0 Å². The fraction of sp³-hybridized carbons (Fsp3) is 1.00. The zero-order valence-corrected chi connectivity index (χ0v) is 8.30. The van der Waals surface area contributed by atoms with Crippen LogP contribution in [0.3, 0.4) is 0 Å². The highest BCUT2D eigenvalue weighted by Gasteiger charge is 2.17. The third kappa shape index (κ3) is 2.93. The highest BCUT2D eigenvalue weighted by Crippen LogP contribution is 2.09. The molecule has 0 radical (unpaired) electrons. The maximum absolute atomic E-state index is 5.33. The molecule has 76 valence electrons. The molecule has 3 heteroatoms. The van der Waals surface area contributed by atoms with Crippen LogP contribution < -0.4 is 5.32 Å². The molecule has 2 fully saturated rings. The predicted molar refractivity (Wildman–Crippen MR) is 52.9 cm³/mol. The Morgan fingerprint density at radius 1 is 1.23 bits per heavy atom. The van der Waals surface area contributed by atoms with E-state index < -0.39 is 0 Å². The van der Waals surface area contributed by atoms with Gasteiger partial charge in [0.1, 0.15) is 0 Å². The largest absolute Gasteiger partial charge is 0.379 e. The van der Waals surface area contributed by atoms with E-state index in [0.717, 1.165) is 32.3 Å². The fourth-order valence-corrected chi connectivity index (χ4v) is 2.18. The van der Waals surface area contributed by atoms with Gasteiger partial charge in [-0.05, 0) is 19.4 Å². The van der Waals surface area contributed by atoms with Crippen molar-refractivity contribution in [2.24, 2.45) is 0 Å². The minimum Gasteiger partial charge on any atom is -0.379 e. The van der Waals surface area contributed by atoms with E-state index in [0.29, 0.717) is 0 Å². The maximum atomic E-state index is 5.33. The summed E-state index contributed by atoms with van der Waals surface area (Å²) >= 11 is 0. The van der Waals surface area contributed by atoms with Gasteiger partial charge in [0.2, 0.25) is 0 Å². The zero-order chi connectivity index (χ0) is 8.93. The Balaban J connectivity index is 1.69. The normalized spacial score (nSPS) is 31.8. The number of hydrogen-bond donors (Lipinski definition) is 1. The molecule has 0 amide bonds. The molecule has 1 atom stereocenters. The summed E-state index contributed by atoms with van der Waals surface area (Å²) in [5.41, 5.74) is 0. The lowest BCUT2D eigenvalue weighted by molar-refractivity contribution is 0.0321. The van der Waals surface area contributed by atoms with Gasteiger partial charge in [-0.25, -0.2) is 0 Å². The van der Waals surface area contributed by atoms with Gasteiger partial charge < -0.3 is 10.1 Å². The van der Waals surface area contributed by atoms with E-state index in [1.807, 2.05) is 0 Å². The van der Waals surface area contributed by atoms with Crippen molar-refractivity contribution >= 4 is 0 Å². The molecule has 0 aliphatic carbocycles. The van der Waals surface area contributed by atoms with Crippen LogP contribution in [0, 0.1) is 0 Å². The van der Waals surface area contributed by atoms with Gasteiger partial charge in [0.05, 0.1) is 13.2 Å². The van der Waals surface area contributed by atoms with Gasteiger partial charge in [-0.2, -0.15) is 0 Å². The minimum atomic E-state index is 0.742. The number of nitrogens with one attached hydrogen (secondary N) is 1. The van der Waals surface area contributed by atoms with Crippen molar-refractivity contribution in [1.29, 1.82) is 0 Å². The maximum Gasteiger partial charge on any atom is 0.0594 e. The smallest absolute Gasteiger partial charge is 0.0594 e. The van der Waals surface area contributed by atoms with Gasteiger partial charge in [-0.1, -0.05) is 6.42 Å². The van der Waals surface area contributed by atoms with E-state index in [4.69, 9.17) is 4.74 Å². The molecule has 2 rings (SSSR count). The molecular weight excluding hydrogens is 164 g/mol. The van der Waals surface area contributed by atoms with E-state index in [-0.39, 0.29) is 0 Å². The zero-order valence-electron chi connectivity index (χ0n) is 8.30. The molecule has 2 saturated heterocycles. The third-order valence-corrected chi connectivity index (χ3v) is 2.99. The Hall–Kier alpha value is -0.120. The highest BCUT2D eigenvalue weighted by atomic mass is 16.5. The quantitative estimate of drug-likeness (QED) is 0.675. The summed E-state index contributed by atoms with van der Waals surface area (Å²) in [5, 5.41) is 3.58. The van der Waals surface area contributed by atoms with Gasteiger partial charge in [0, 0.05) is 25.7 Å². The van der Waals surface area contributed by atoms with Crippen molar-refractivity contribution in [2.75, 3.05) is 39.4 Å². The van der Waals surface area contributed by atoms with Crippen molar-refractivity contribution in [3.63, 3.8) is 0 Å². The van der Waals surface area contributed by atoms with Crippen molar-refractivity contribution in [2.45, 2.75) is 25.3 Å². The number of hydrogen-bond acceptors (Lipinski definition) is 3.